The number of carbonyl (C=O) groups is 1. The van der Waals surface area contributed by atoms with Crippen molar-refractivity contribution in [3.05, 3.63) is 60.3 Å². The van der Waals surface area contributed by atoms with E-state index in [9.17, 15) is 4.79 Å². The molecule has 0 amide bonds. The molecule has 1 aromatic carbocycles. The first kappa shape index (κ1) is 11.1. The number of Topliss-reactive ketones (excluding diaryl/α,β-unsaturated/α-hetero) is 1. The first-order chi connectivity index (χ1) is 7.77. The van der Waals surface area contributed by atoms with Crippen LogP contribution in [0.5, 0.6) is 0 Å². The lowest BCUT2D eigenvalue weighted by Crippen LogP contribution is -2.31. The Bertz CT molecular complexity index is 425. The molecule has 2 nitrogen and oxygen atoms in total. The van der Waals surface area contributed by atoms with E-state index >= 15 is 0 Å². The van der Waals surface area contributed by atoms with E-state index in [4.69, 9.17) is 0 Å². The highest BCUT2D eigenvalue weighted by molar-refractivity contribution is 9.09. The molecule has 16 heavy (non-hydrogen) atoms. The van der Waals surface area contributed by atoms with Gasteiger partial charge in [-0.05, 0) is 6.08 Å². The molecule has 0 fully saturated rings. The monoisotopic (exact) mass is 277 g/mol. The average molecular weight is 278 g/mol. The zero-order chi connectivity index (χ0) is 11.4. The number of halogens is 1. The number of alkyl halides is 1. The first-order valence-corrected chi connectivity index (χ1v) is 6.02. The van der Waals surface area contributed by atoms with Crippen molar-refractivity contribution in [1.29, 1.82) is 0 Å². The molecule has 0 saturated carbocycles. The summed E-state index contributed by atoms with van der Waals surface area (Å²) in [6, 6.07) is 9.35. The molecule has 0 radical (unpaired) electrons. The normalized spacial score (nSPS) is 18.8. The quantitative estimate of drug-likeness (QED) is 0.481. The predicted molar refractivity (Wildman–Crippen MR) is 68.5 cm³/mol. The summed E-state index contributed by atoms with van der Waals surface area (Å²) in [7, 11) is 0. The van der Waals surface area contributed by atoms with Crippen molar-refractivity contribution in [2.24, 2.45) is 0 Å². The number of nitrogens with zero attached hydrogens (tertiary/aromatic N) is 1. The SMILES string of the molecule is O=C(CN1C=CC=CC1Br)c1ccccc1. The van der Waals surface area contributed by atoms with Crippen molar-refractivity contribution in [2.45, 2.75) is 4.95 Å². The lowest BCUT2D eigenvalue weighted by Gasteiger charge is -2.25. The fourth-order valence-electron chi connectivity index (χ4n) is 1.53. The van der Waals surface area contributed by atoms with Gasteiger partial charge in [-0.25, -0.2) is 0 Å². The second-order valence-electron chi connectivity index (χ2n) is 3.56. The molecule has 82 valence electrons. The van der Waals surface area contributed by atoms with Gasteiger partial charge in [-0.15, -0.1) is 0 Å². The van der Waals surface area contributed by atoms with Gasteiger partial charge in [0.15, 0.2) is 5.78 Å². The third-order valence-corrected chi connectivity index (χ3v) is 3.23. The molecule has 1 aliphatic heterocycles. The fraction of sp³-hybridized carbons (Fsp3) is 0.154. The maximum atomic E-state index is 11.9. The number of benzene rings is 1. The van der Waals surface area contributed by atoms with Crippen LogP contribution in [0.15, 0.2) is 54.8 Å². The van der Waals surface area contributed by atoms with Gasteiger partial charge in [0.2, 0.25) is 0 Å². The maximum absolute atomic E-state index is 11.9. The van der Waals surface area contributed by atoms with Crippen LogP contribution in [0.25, 0.3) is 0 Å². The summed E-state index contributed by atoms with van der Waals surface area (Å²) >= 11 is 3.49. The molecule has 3 heteroatoms. The molecule has 1 heterocycles. The predicted octanol–water partition coefficient (Wildman–Crippen LogP) is 2.98. The molecular weight excluding hydrogens is 266 g/mol. The highest BCUT2D eigenvalue weighted by Gasteiger charge is 2.15. The zero-order valence-electron chi connectivity index (χ0n) is 8.71. The standard InChI is InChI=1S/C13H12BrNO/c14-13-8-4-5-9-15(13)10-12(16)11-6-2-1-3-7-11/h1-9,13H,10H2. The number of carbonyl (C=O) groups excluding carboxylic acids is 1. The lowest BCUT2D eigenvalue weighted by molar-refractivity contribution is 0.0956. The molecule has 1 unspecified atom stereocenters. The summed E-state index contributed by atoms with van der Waals surface area (Å²) in [6.45, 7) is 0.390. The molecule has 0 aromatic heterocycles. The van der Waals surface area contributed by atoms with Crippen LogP contribution in [0.1, 0.15) is 10.4 Å². The Hall–Kier alpha value is -1.35. The Morgan fingerprint density at radius 1 is 1.25 bits per heavy atom. The molecule has 0 aliphatic carbocycles. The van der Waals surface area contributed by atoms with Crippen LogP contribution in [0.2, 0.25) is 0 Å². The van der Waals surface area contributed by atoms with E-state index in [-0.39, 0.29) is 10.7 Å². The van der Waals surface area contributed by atoms with Crippen LogP contribution < -0.4 is 0 Å². The van der Waals surface area contributed by atoms with Crippen molar-refractivity contribution in [1.82, 2.24) is 4.90 Å². The number of ketones is 1. The summed E-state index contributed by atoms with van der Waals surface area (Å²) in [4.78, 5) is 14.0. The van der Waals surface area contributed by atoms with Gasteiger partial charge in [0.25, 0.3) is 0 Å². The van der Waals surface area contributed by atoms with Crippen molar-refractivity contribution >= 4 is 21.7 Å². The van der Waals surface area contributed by atoms with Gasteiger partial charge in [0.1, 0.15) is 4.95 Å². The van der Waals surface area contributed by atoms with Crippen molar-refractivity contribution in [3.63, 3.8) is 0 Å². The van der Waals surface area contributed by atoms with Crippen LogP contribution in [-0.4, -0.2) is 22.2 Å². The Labute approximate surface area is 103 Å². The van der Waals surface area contributed by atoms with Crippen molar-refractivity contribution < 1.29 is 4.79 Å². The second-order valence-corrected chi connectivity index (χ2v) is 4.50. The summed E-state index contributed by atoms with van der Waals surface area (Å²) in [6.07, 6.45) is 7.80. The van der Waals surface area contributed by atoms with Crippen molar-refractivity contribution in [2.75, 3.05) is 6.54 Å². The number of rotatable bonds is 3. The van der Waals surface area contributed by atoms with E-state index < -0.39 is 0 Å². The minimum absolute atomic E-state index is 0.102. The summed E-state index contributed by atoms with van der Waals surface area (Å²) in [5, 5.41) is 0. The van der Waals surface area contributed by atoms with Gasteiger partial charge in [-0.3, -0.25) is 4.79 Å². The van der Waals surface area contributed by atoms with Gasteiger partial charge >= 0.3 is 0 Å². The highest BCUT2D eigenvalue weighted by Crippen LogP contribution is 2.15. The summed E-state index contributed by atoms with van der Waals surface area (Å²) < 4.78 is 0. The van der Waals surface area contributed by atoms with Crippen LogP contribution in [-0.2, 0) is 0 Å². The Morgan fingerprint density at radius 3 is 2.69 bits per heavy atom. The fourth-order valence-corrected chi connectivity index (χ4v) is 1.99. The largest absolute Gasteiger partial charge is 0.354 e. The third kappa shape index (κ3) is 2.61. The number of allylic oxidation sites excluding steroid dienone is 2. The topological polar surface area (TPSA) is 20.3 Å². The first-order valence-electron chi connectivity index (χ1n) is 5.10. The highest BCUT2D eigenvalue weighted by atomic mass is 79.9. The molecule has 0 saturated heterocycles. The van der Waals surface area contributed by atoms with Gasteiger partial charge in [-0.1, -0.05) is 58.4 Å². The Kier molecular flexibility index (Phi) is 3.57. The summed E-state index contributed by atoms with van der Waals surface area (Å²) in [5.74, 6) is 0.130. The summed E-state index contributed by atoms with van der Waals surface area (Å²) in [5.41, 5.74) is 0.755. The van der Waals surface area contributed by atoms with Crippen LogP contribution >= 0.6 is 15.9 Å². The molecule has 2 rings (SSSR count). The molecular formula is C13H12BrNO. The molecule has 1 atom stereocenters. The minimum atomic E-state index is 0.102. The van der Waals surface area contributed by atoms with Crippen LogP contribution in [0.3, 0.4) is 0 Å². The third-order valence-electron chi connectivity index (χ3n) is 2.40. The van der Waals surface area contributed by atoms with Gasteiger partial charge in [0.05, 0.1) is 6.54 Å². The van der Waals surface area contributed by atoms with E-state index in [0.717, 1.165) is 5.56 Å². The van der Waals surface area contributed by atoms with Crippen LogP contribution in [0.4, 0.5) is 0 Å². The Morgan fingerprint density at radius 2 is 2.00 bits per heavy atom. The number of hydrogen-bond acceptors (Lipinski definition) is 2. The van der Waals surface area contributed by atoms with Gasteiger partial charge in [-0.2, -0.15) is 0 Å². The maximum Gasteiger partial charge on any atom is 0.182 e. The smallest absolute Gasteiger partial charge is 0.182 e. The van der Waals surface area contributed by atoms with Crippen molar-refractivity contribution in [3.8, 4) is 0 Å². The molecule has 0 bridgehead atoms. The van der Waals surface area contributed by atoms with Gasteiger partial charge < -0.3 is 4.90 Å². The van der Waals surface area contributed by atoms with Crippen LogP contribution in [0, 0.1) is 0 Å². The van der Waals surface area contributed by atoms with Gasteiger partial charge in [0, 0.05) is 11.8 Å². The zero-order valence-corrected chi connectivity index (χ0v) is 10.3. The van der Waals surface area contributed by atoms with E-state index in [1.54, 1.807) is 0 Å². The lowest BCUT2D eigenvalue weighted by atomic mass is 10.1. The molecule has 1 aromatic rings. The Balaban J connectivity index is 2.03. The van der Waals surface area contributed by atoms with E-state index in [1.165, 1.54) is 0 Å². The molecule has 0 spiro atoms. The molecule has 0 N–H and O–H groups in total. The average Bonchev–Trinajstić information content (AvgIpc) is 2.33. The number of hydrogen-bond donors (Lipinski definition) is 0. The molecule has 1 aliphatic rings. The van der Waals surface area contributed by atoms with E-state index in [0.29, 0.717) is 6.54 Å². The minimum Gasteiger partial charge on any atom is -0.354 e. The van der Waals surface area contributed by atoms with E-state index in [2.05, 4.69) is 15.9 Å². The van der Waals surface area contributed by atoms with E-state index in [1.807, 2.05) is 59.7 Å². The second kappa shape index (κ2) is 5.12.